The largest absolute Gasteiger partial charge is 0.285 e. The van der Waals surface area contributed by atoms with Crippen LogP contribution in [0.1, 0.15) is 29.6 Å². The monoisotopic (exact) mass is 369 g/mol. The summed E-state index contributed by atoms with van der Waals surface area (Å²) < 4.78 is 23.1. The van der Waals surface area contributed by atoms with Crippen molar-refractivity contribution in [3.8, 4) is 0 Å². The lowest BCUT2D eigenvalue weighted by Crippen LogP contribution is -2.41. The first-order chi connectivity index (χ1) is 11.3. The first-order valence-electron chi connectivity index (χ1n) is 8.21. The summed E-state index contributed by atoms with van der Waals surface area (Å²) in [5, 5.41) is 7.13. The van der Waals surface area contributed by atoms with E-state index < -0.39 is 10.0 Å². The molecule has 130 valence electrons. The van der Waals surface area contributed by atoms with Crippen LogP contribution in [0.25, 0.3) is 0 Å². The molecule has 1 aliphatic heterocycles. The number of benzene rings is 1. The van der Waals surface area contributed by atoms with Gasteiger partial charge in [-0.1, -0.05) is 11.6 Å². The van der Waals surface area contributed by atoms with Gasteiger partial charge in [-0.2, -0.15) is 0 Å². The van der Waals surface area contributed by atoms with Crippen LogP contribution >= 0.6 is 11.6 Å². The third-order valence-electron chi connectivity index (χ3n) is 5.90. The Morgan fingerprint density at radius 3 is 2.42 bits per heavy atom. The van der Waals surface area contributed by atoms with Gasteiger partial charge in [0.2, 0.25) is 10.0 Å². The average molecular weight is 370 g/mol. The number of carbonyl (C=O) groups excluding carboxylic acids is 1. The molecule has 1 saturated heterocycles. The molecule has 0 spiro atoms. The van der Waals surface area contributed by atoms with E-state index in [9.17, 15) is 13.2 Å². The van der Waals surface area contributed by atoms with Gasteiger partial charge in [-0.3, -0.25) is 10.2 Å². The second-order valence-electron chi connectivity index (χ2n) is 7.20. The molecule has 3 fully saturated rings. The molecule has 2 saturated carbocycles. The minimum Gasteiger partial charge on any atom is -0.285 e. The molecule has 3 N–H and O–H groups in total. The second kappa shape index (κ2) is 5.69. The number of primary sulfonamides is 1. The zero-order chi connectivity index (χ0) is 17.1. The molecule has 1 aromatic carbocycles. The highest BCUT2D eigenvalue weighted by Crippen LogP contribution is 2.54. The van der Waals surface area contributed by atoms with Crippen molar-refractivity contribution in [1.82, 2.24) is 10.4 Å². The lowest BCUT2D eigenvalue weighted by Gasteiger charge is -2.22. The molecule has 1 aromatic rings. The van der Waals surface area contributed by atoms with Crippen molar-refractivity contribution in [2.24, 2.45) is 28.8 Å². The molecule has 1 amide bonds. The highest BCUT2D eigenvalue weighted by Gasteiger charge is 2.51. The van der Waals surface area contributed by atoms with Gasteiger partial charge >= 0.3 is 0 Å². The van der Waals surface area contributed by atoms with E-state index in [1.165, 1.54) is 37.5 Å². The summed E-state index contributed by atoms with van der Waals surface area (Å²) in [6, 6.07) is 4.12. The third kappa shape index (κ3) is 2.73. The van der Waals surface area contributed by atoms with Gasteiger partial charge in [-0.05, 0) is 61.1 Å². The van der Waals surface area contributed by atoms with Gasteiger partial charge < -0.3 is 0 Å². The van der Waals surface area contributed by atoms with E-state index in [1.807, 2.05) is 5.01 Å². The smallest absolute Gasteiger partial charge is 0.265 e. The van der Waals surface area contributed by atoms with Crippen LogP contribution in [0.4, 0.5) is 0 Å². The zero-order valence-electron chi connectivity index (χ0n) is 13.1. The van der Waals surface area contributed by atoms with Gasteiger partial charge in [-0.25, -0.2) is 18.6 Å². The van der Waals surface area contributed by atoms with Crippen molar-refractivity contribution >= 4 is 27.5 Å². The summed E-state index contributed by atoms with van der Waals surface area (Å²) in [7, 11) is -3.96. The van der Waals surface area contributed by atoms with Crippen LogP contribution in [0.15, 0.2) is 23.1 Å². The normalized spacial score (nSPS) is 32.1. The molecular weight excluding hydrogens is 350 g/mol. The number of nitrogens with one attached hydrogen (secondary N) is 1. The number of fused-ring (bicyclic) bond motifs is 5. The van der Waals surface area contributed by atoms with Crippen molar-refractivity contribution in [1.29, 1.82) is 0 Å². The lowest BCUT2D eigenvalue weighted by atomic mass is 9.82. The number of hydrazine groups is 1. The van der Waals surface area contributed by atoms with E-state index >= 15 is 0 Å². The average Bonchev–Trinajstić information content (AvgIpc) is 3.18. The topological polar surface area (TPSA) is 92.5 Å². The van der Waals surface area contributed by atoms with E-state index in [-0.39, 0.29) is 21.4 Å². The van der Waals surface area contributed by atoms with Crippen LogP contribution in [0.5, 0.6) is 0 Å². The van der Waals surface area contributed by atoms with Crippen LogP contribution in [-0.2, 0) is 10.0 Å². The van der Waals surface area contributed by atoms with E-state index in [2.05, 4.69) is 5.43 Å². The van der Waals surface area contributed by atoms with Gasteiger partial charge in [0.25, 0.3) is 5.91 Å². The maximum atomic E-state index is 12.5. The number of amides is 1. The number of halogens is 1. The molecule has 0 aromatic heterocycles. The Kier molecular flexibility index (Phi) is 3.87. The van der Waals surface area contributed by atoms with E-state index in [4.69, 9.17) is 16.7 Å². The fraction of sp³-hybridized carbons (Fsp3) is 0.562. The Balaban J connectivity index is 1.48. The maximum Gasteiger partial charge on any atom is 0.265 e. The first kappa shape index (κ1) is 16.3. The number of sulfonamides is 1. The minimum atomic E-state index is -3.96. The fourth-order valence-corrected chi connectivity index (χ4v) is 5.92. The summed E-state index contributed by atoms with van der Waals surface area (Å²) >= 11 is 5.86. The Bertz CT molecular complexity index is 780. The molecule has 0 radical (unpaired) electrons. The SMILES string of the molecule is NS(=O)(=O)c1cc(C(=O)NN2C[C@@H]3[C@H]4CC[C@H](C4)[C@@H]3C2)ccc1Cl. The van der Waals surface area contributed by atoms with E-state index in [0.29, 0.717) is 11.8 Å². The Morgan fingerprint density at radius 2 is 1.83 bits per heavy atom. The molecule has 8 heteroatoms. The molecular formula is C16H20ClN3O3S. The van der Waals surface area contributed by atoms with Crippen molar-refractivity contribution < 1.29 is 13.2 Å². The number of rotatable bonds is 3. The molecule has 1 heterocycles. The van der Waals surface area contributed by atoms with E-state index in [1.54, 1.807) is 0 Å². The lowest BCUT2D eigenvalue weighted by molar-refractivity contribution is 0.0809. The number of hydrogen-bond acceptors (Lipinski definition) is 4. The Morgan fingerprint density at radius 1 is 1.21 bits per heavy atom. The zero-order valence-corrected chi connectivity index (χ0v) is 14.7. The van der Waals surface area contributed by atoms with Gasteiger partial charge in [0.15, 0.2) is 0 Å². The fourth-order valence-electron chi connectivity index (χ4n) is 4.84. The summed E-state index contributed by atoms with van der Waals surface area (Å²) in [5.74, 6) is 2.67. The standard InChI is InChI=1S/C16H20ClN3O3S/c17-14-4-3-11(6-15(14)24(18,22)23)16(21)19-20-7-12-9-1-2-10(5-9)13(12)8-20/h3-4,6,9-10,12-13H,1-2,5,7-8H2,(H,19,21)(H2,18,22,23)/t9-,10+,12+,13-. The van der Waals surface area contributed by atoms with Crippen LogP contribution < -0.4 is 10.6 Å². The van der Waals surface area contributed by atoms with Gasteiger partial charge in [0.1, 0.15) is 4.90 Å². The number of carbonyl (C=O) groups is 1. The minimum absolute atomic E-state index is 0.0151. The van der Waals surface area contributed by atoms with Crippen molar-refractivity contribution in [3.05, 3.63) is 28.8 Å². The molecule has 3 aliphatic rings. The number of hydrogen-bond donors (Lipinski definition) is 2. The molecule has 6 nitrogen and oxygen atoms in total. The van der Waals surface area contributed by atoms with Crippen LogP contribution in [0, 0.1) is 23.7 Å². The van der Waals surface area contributed by atoms with Crippen LogP contribution in [0.3, 0.4) is 0 Å². The van der Waals surface area contributed by atoms with Crippen LogP contribution in [-0.4, -0.2) is 32.4 Å². The van der Waals surface area contributed by atoms with Gasteiger partial charge in [0.05, 0.1) is 5.02 Å². The predicted molar refractivity (Wildman–Crippen MR) is 89.7 cm³/mol. The van der Waals surface area contributed by atoms with Crippen molar-refractivity contribution in [3.63, 3.8) is 0 Å². The maximum absolute atomic E-state index is 12.5. The molecule has 2 bridgehead atoms. The van der Waals surface area contributed by atoms with Crippen LogP contribution in [0.2, 0.25) is 5.02 Å². The predicted octanol–water partition coefficient (Wildman–Crippen LogP) is 1.61. The molecule has 0 unspecified atom stereocenters. The summed E-state index contributed by atoms with van der Waals surface area (Å²) in [6.45, 7) is 1.76. The molecule has 4 atom stereocenters. The highest BCUT2D eigenvalue weighted by atomic mass is 35.5. The molecule has 24 heavy (non-hydrogen) atoms. The summed E-state index contributed by atoms with van der Waals surface area (Å²) in [6.07, 6.45) is 4.00. The molecule has 2 aliphatic carbocycles. The first-order valence-corrected chi connectivity index (χ1v) is 10.1. The Hall–Kier alpha value is -1.15. The number of nitrogens with two attached hydrogens (primary N) is 1. The van der Waals surface area contributed by atoms with Crippen molar-refractivity contribution in [2.45, 2.75) is 24.2 Å². The van der Waals surface area contributed by atoms with Gasteiger partial charge in [-0.15, -0.1) is 0 Å². The number of nitrogens with zero attached hydrogens (tertiary/aromatic N) is 1. The summed E-state index contributed by atoms with van der Waals surface area (Å²) in [5.41, 5.74) is 3.15. The quantitative estimate of drug-likeness (QED) is 0.846. The second-order valence-corrected chi connectivity index (χ2v) is 9.13. The molecule has 4 rings (SSSR count). The summed E-state index contributed by atoms with van der Waals surface area (Å²) in [4.78, 5) is 12.2. The third-order valence-corrected chi connectivity index (χ3v) is 7.29. The Labute approximate surface area is 146 Å². The van der Waals surface area contributed by atoms with E-state index in [0.717, 1.165) is 24.9 Å². The highest BCUT2D eigenvalue weighted by molar-refractivity contribution is 7.89. The van der Waals surface area contributed by atoms with Gasteiger partial charge in [0, 0.05) is 18.7 Å². The van der Waals surface area contributed by atoms with Crippen molar-refractivity contribution in [2.75, 3.05) is 13.1 Å².